The van der Waals surface area contributed by atoms with Crippen molar-refractivity contribution in [2.45, 2.75) is 74.9 Å². The van der Waals surface area contributed by atoms with E-state index in [0.29, 0.717) is 16.8 Å². The minimum Gasteiger partial charge on any atom is -0.493 e. The maximum absolute atomic E-state index is 14.5. The Morgan fingerprint density at radius 2 is 1.66 bits per heavy atom. The first-order chi connectivity index (χ1) is 24.0. The van der Waals surface area contributed by atoms with Crippen molar-refractivity contribution in [3.05, 3.63) is 96.2 Å². The number of aliphatic hydroxyl groups excluding tert-OH is 1. The number of nitrogens with zero attached hydrogens (tertiary/aromatic N) is 2. The molecule has 264 valence electrons. The number of carbonyl (C=O) groups excluding carboxylic acids is 3. The molecule has 5 rings (SSSR count). The number of para-hydroxylation sites is 1. The number of nitrogens with one attached hydrogen (secondary N) is 2. The molecule has 1 aromatic heterocycles. The topological polar surface area (TPSA) is 190 Å². The third-order valence-electron chi connectivity index (χ3n) is 8.43. The van der Waals surface area contributed by atoms with E-state index < -0.39 is 52.5 Å². The zero-order valence-corrected chi connectivity index (χ0v) is 28.6. The van der Waals surface area contributed by atoms with E-state index in [1.54, 1.807) is 48.5 Å². The van der Waals surface area contributed by atoms with Gasteiger partial charge in [-0.25, -0.2) is 13.4 Å². The molecule has 3 atom stereocenters. The quantitative estimate of drug-likeness (QED) is 0.135. The summed E-state index contributed by atoms with van der Waals surface area (Å²) in [4.78, 5) is 43.3. The normalized spacial score (nSPS) is 15.3. The van der Waals surface area contributed by atoms with Crippen molar-refractivity contribution < 1.29 is 37.4 Å². The lowest BCUT2D eigenvalue weighted by molar-refractivity contribution is -0.129. The first-order valence-corrected chi connectivity index (χ1v) is 17.7. The number of rotatable bonds is 15. The minimum absolute atomic E-state index is 0.0125. The summed E-state index contributed by atoms with van der Waals surface area (Å²) in [6, 6.07) is 21.7. The molecule has 1 saturated carbocycles. The molecule has 0 radical (unpaired) electrons. The number of hydrogen-bond acceptors (Lipinski definition) is 9. The average molecular weight is 704 g/mol. The predicted octanol–water partition coefficient (Wildman–Crippen LogP) is 3.25. The molecule has 4 aromatic rings. The van der Waals surface area contributed by atoms with Crippen LogP contribution in [0.2, 0.25) is 0 Å². The highest BCUT2D eigenvalue weighted by atomic mass is 32.2. The number of pyridine rings is 1. The number of aromatic nitrogens is 1. The molecule has 3 amide bonds. The van der Waals surface area contributed by atoms with Crippen LogP contribution >= 0.6 is 0 Å². The number of carbonyl (C=O) groups is 3. The molecule has 14 heteroatoms. The van der Waals surface area contributed by atoms with Crippen LogP contribution in [0.25, 0.3) is 10.9 Å². The summed E-state index contributed by atoms with van der Waals surface area (Å²) in [5, 5.41) is 16.9. The van der Waals surface area contributed by atoms with E-state index in [1.165, 1.54) is 38.3 Å². The minimum atomic E-state index is -4.47. The number of methoxy groups -OCH3 is 1. The van der Waals surface area contributed by atoms with Gasteiger partial charge in [0.05, 0.1) is 36.2 Å². The fourth-order valence-corrected chi connectivity index (χ4v) is 7.46. The van der Waals surface area contributed by atoms with Gasteiger partial charge in [-0.3, -0.25) is 14.4 Å². The average Bonchev–Trinajstić information content (AvgIpc) is 3.62. The highest BCUT2D eigenvalue weighted by Gasteiger charge is 2.38. The van der Waals surface area contributed by atoms with Crippen molar-refractivity contribution in [2.24, 2.45) is 5.73 Å². The maximum Gasteiger partial charge on any atom is 0.270 e. The van der Waals surface area contributed by atoms with Gasteiger partial charge in [-0.1, -0.05) is 54.6 Å². The van der Waals surface area contributed by atoms with E-state index in [1.807, 2.05) is 12.1 Å². The summed E-state index contributed by atoms with van der Waals surface area (Å²) in [6.45, 7) is 1.07. The van der Waals surface area contributed by atoms with Gasteiger partial charge in [-0.15, -0.1) is 0 Å². The SMILES string of the molecule is COc1ccc(S(=O)(=O)N(Cc2ccccc2)[C@H](NC(=O)[C@H](CC(N)=O)NC(=O)c2ccc3ccccc3n2)[C@@H](C)O)cc1OC1CCCC1. The predicted molar refractivity (Wildman–Crippen MR) is 185 cm³/mol. The standard InChI is InChI=1S/C36H41N5O8S/c1-23(42)34(40-36(45)30(21-33(37)43)39-35(44)29-18-16-25-12-6-9-15-28(25)38-29)41(22-24-10-4-3-5-11-24)50(46,47)27-17-19-31(48-2)32(20-27)49-26-13-7-8-14-26/h3-6,9-12,15-20,23,26,30,34,42H,7-8,13-14,21-22H2,1-2H3,(H2,37,43)(H,39,44)(H,40,45)/t23-,30+,34+/m1/s1. The molecule has 1 aliphatic rings. The highest BCUT2D eigenvalue weighted by molar-refractivity contribution is 7.89. The van der Waals surface area contributed by atoms with Crippen molar-refractivity contribution in [3.8, 4) is 11.5 Å². The first kappa shape index (κ1) is 36.2. The first-order valence-electron chi connectivity index (χ1n) is 16.3. The van der Waals surface area contributed by atoms with Crippen LogP contribution < -0.4 is 25.8 Å². The molecular formula is C36H41N5O8S. The Bertz CT molecular complexity index is 1930. The molecule has 0 aliphatic heterocycles. The number of sulfonamides is 1. The lowest BCUT2D eigenvalue weighted by atomic mass is 10.1. The van der Waals surface area contributed by atoms with Gasteiger partial charge in [-0.2, -0.15) is 4.31 Å². The Morgan fingerprint density at radius 1 is 0.960 bits per heavy atom. The molecule has 1 aliphatic carbocycles. The molecule has 3 aromatic carbocycles. The molecule has 1 fully saturated rings. The summed E-state index contributed by atoms with van der Waals surface area (Å²) < 4.78 is 41.5. The molecule has 0 unspecified atom stereocenters. The molecular weight excluding hydrogens is 662 g/mol. The maximum atomic E-state index is 14.5. The molecule has 1 heterocycles. The molecule has 0 saturated heterocycles. The largest absolute Gasteiger partial charge is 0.493 e. The summed E-state index contributed by atoms with van der Waals surface area (Å²) in [6.07, 6.45) is -0.0507. The monoisotopic (exact) mass is 703 g/mol. The van der Waals surface area contributed by atoms with Crippen molar-refractivity contribution in [1.29, 1.82) is 0 Å². The lowest BCUT2D eigenvalue weighted by Gasteiger charge is -2.34. The lowest BCUT2D eigenvalue weighted by Crippen LogP contribution is -2.59. The van der Waals surface area contributed by atoms with Crippen LogP contribution in [0.4, 0.5) is 0 Å². The number of fused-ring (bicyclic) bond motifs is 1. The Hall–Kier alpha value is -5.05. The van der Waals surface area contributed by atoms with Gasteiger partial charge in [-0.05, 0) is 62.4 Å². The van der Waals surface area contributed by atoms with Gasteiger partial charge in [0.15, 0.2) is 11.5 Å². The summed E-state index contributed by atoms with van der Waals surface area (Å²) in [7, 11) is -3.01. The van der Waals surface area contributed by atoms with Crippen LogP contribution in [0.3, 0.4) is 0 Å². The molecule has 50 heavy (non-hydrogen) atoms. The van der Waals surface area contributed by atoms with Crippen molar-refractivity contribution in [3.63, 3.8) is 0 Å². The second kappa shape index (κ2) is 16.1. The second-order valence-corrected chi connectivity index (χ2v) is 14.0. The van der Waals surface area contributed by atoms with Crippen LogP contribution in [0.1, 0.15) is 55.1 Å². The van der Waals surface area contributed by atoms with Crippen LogP contribution in [0.15, 0.2) is 89.8 Å². The van der Waals surface area contributed by atoms with Crippen molar-refractivity contribution in [2.75, 3.05) is 7.11 Å². The Morgan fingerprint density at radius 3 is 2.34 bits per heavy atom. The summed E-state index contributed by atoms with van der Waals surface area (Å²) >= 11 is 0. The van der Waals surface area contributed by atoms with E-state index in [9.17, 15) is 27.9 Å². The molecule has 0 spiro atoms. The van der Waals surface area contributed by atoms with Gasteiger partial charge < -0.3 is 30.9 Å². The number of hydrogen-bond donors (Lipinski definition) is 4. The van der Waals surface area contributed by atoms with Gasteiger partial charge >= 0.3 is 0 Å². The smallest absolute Gasteiger partial charge is 0.270 e. The Balaban J connectivity index is 1.46. The fraction of sp³-hybridized carbons (Fsp3) is 0.333. The van der Waals surface area contributed by atoms with E-state index in [-0.39, 0.29) is 29.0 Å². The van der Waals surface area contributed by atoms with Crippen molar-refractivity contribution in [1.82, 2.24) is 19.9 Å². The second-order valence-electron chi connectivity index (χ2n) is 12.2. The number of amides is 3. The van der Waals surface area contributed by atoms with Gasteiger partial charge in [0.25, 0.3) is 5.91 Å². The molecule has 5 N–H and O–H groups in total. The summed E-state index contributed by atoms with van der Waals surface area (Å²) in [5.41, 5.74) is 6.55. The van der Waals surface area contributed by atoms with E-state index in [2.05, 4.69) is 15.6 Å². The van der Waals surface area contributed by atoms with Crippen LogP contribution in [-0.2, 0) is 26.2 Å². The zero-order chi connectivity index (χ0) is 35.8. The van der Waals surface area contributed by atoms with Gasteiger partial charge in [0, 0.05) is 18.0 Å². The number of benzene rings is 3. The number of nitrogens with two attached hydrogens (primary N) is 1. The highest BCUT2D eigenvalue weighted by Crippen LogP contribution is 2.35. The number of primary amides is 1. The van der Waals surface area contributed by atoms with Crippen LogP contribution in [0.5, 0.6) is 11.5 Å². The van der Waals surface area contributed by atoms with Gasteiger partial charge in [0.1, 0.15) is 17.9 Å². The fourth-order valence-electron chi connectivity index (χ4n) is 5.84. The Kier molecular flexibility index (Phi) is 11.7. The van der Waals surface area contributed by atoms with Crippen LogP contribution in [0, 0.1) is 0 Å². The summed E-state index contributed by atoms with van der Waals surface area (Å²) in [5.74, 6) is -1.99. The van der Waals surface area contributed by atoms with Crippen LogP contribution in [-0.4, -0.2) is 72.1 Å². The Labute approximate surface area is 290 Å². The molecule has 0 bridgehead atoms. The van der Waals surface area contributed by atoms with E-state index in [4.69, 9.17) is 15.2 Å². The third-order valence-corrected chi connectivity index (χ3v) is 10.3. The zero-order valence-electron chi connectivity index (χ0n) is 27.8. The van der Waals surface area contributed by atoms with E-state index in [0.717, 1.165) is 35.4 Å². The number of aliphatic hydroxyl groups is 1. The van der Waals surface area contributed by atoms with Crippen molar-refractivity contribution >= 4 is 38.6 Å². The van der Waals surface area contributed by atoms with Gasteiger partial charge in [0.2, 0.25) is 21.8 Å². The number of ether oxygens (including phenoxy) is 2. The third kappa shape index (κ3) is 8.75. The van der Waals surface area contributed by atoms with E-state index >= 15 is 0 Å². The molecule has 13 nitrogen and oxygen atoms in total.